The van der Waals surface area contributed by atoms with Crippen molar-refractivity contribution in [3.63, 3.8) is 0 Å². The SMILES string of the molecule is N#CCCN1CCC(C(=O)N2CCN(c3ccccc3)CC2)CC1. The Morgan fingerprint density at radius 1 is 1.04 bits per heavy atom. The Morgan fingerprint density at radius 2 is 1.71 bits per heavy atom. The second-order valence-electron chi connectivity index (χ2n) is 6.67. The fraction of sp³-hybridized carbons (Fsp3) is 0.579. The normalized spacial score (nSPS) is 20.0. The standard InChI is InChI=1S/C19H26N4O/c20-9-4-10-21-11-7-17(8-12-21)19(24)23-15-13-22(14-16-23)18-5-2-1-3-6-18/h1-3,5-6,17H,4,7-8,10-16H2. The van der Waals surface area contributed by atoms with Crippen molar-refractivity contribution in [2.75, 3.05) is 50.7 Å². The van der Waals surface area contributed by atoms with Crippen LogP contribution in [-0.2, 0) is 4.79 Å². The molecule has 5 heteroatoms. The van der Waals surface area contributed by atoms with Gasteiger partial charge >= 0.3 is 0 Å². The van der Waals surface area contributed by atoms with Crippen molar-refractivity contribution >= 4 is 11.6 Å². The number of para-hydroxylation sites is 1. The van der Waals surface area contributed by atoms with Crippen molar-refractivity contribution in [1.82, 2.24) is 9.80 Å². The Balaban J connectivity index is 1.45. The number of anilines is 1. The zero-order chi connectivity index (χ0) is 16.8. The van der Waals surface area contributed by atoms with Crippen molar-refractivity contribution in [1.29, 1.82) is 5.26 Å². The van der Waals surface area contributed by atoms with Gasteiger partial charge in [0.25, 0.3) is 0 Å². The number of likely N-dealkylation sites (tertiary alicyclic amines) is 1. The highest BCUT2D eigenvalue weighted by molar-refractivity contribution is 5.79. The van der Waals surface area contributed by atoms with Crippen LogP contribution in [0.1, 0.15) is 19.3 Å². The van der Waals surface area contributed by atoms with Gasteiger partial charge in [0.15, 0.2) is 0 Å². The van der Waals surface area contributed by atoms with Crippen LogP contribution in [0.2, 0.25) is 0 Å². The summed E-state index contributed by atoms with van der Waals surface area (Å²) in [6.45, 7) is 6.20. The number of nitriles is 1. The first kappa shape index (κ1) is 16.8. The van der Waals surface area contributed by atoms with Crippen LogP contribution in [0.25, 0.3) is 0 Å². The van der Waals surface area contributed by atoms with Crippen molar-refractivity contribution in [2.24, 2.45) is 5.92 Å². The molecular formula is C19H26N4O. The van der Waals surface area contributed by atoms with Crippen LogP contribution in [0.4, 0.5) is 5.69 Å². The lowest BCUT2D eigenvalue weighted by Gasteiger charge is -2.39. The van der Waals surface area contributed by atoms with Gasteiger partial charge in [0.05, 0.1) is 6.07 Å². The molecule has 24 heavy (non-hydrogen) atoms. The Bertz CT molecular complexity index is 567. The average molecular weight is 326 g/mol. The molecule has 0 bridgehead atoms. The minimum atomic E-state index is 0.173. The quantitative estimate of drug-likeness (QED) is 0.849. The van der Waals surface area contributed by atoms with Crippen LogP contribution >= 0.6 is 0 Å². The van der Waals surface area contributed by atoms with E-state index >= 15 is 0 Å². The monoisotopic (exact) mass is 326 g/mol. The molecule has 2 aliphatic rings. The maximum absolute atomic E-state index is 12.8. The molecule has 0 N–H and O–H groups in total. The molecule has 0 radical (unpaired) electrons. The summed E-state index contributed by atoms with van der Waals surface area (Å²) in [7, 11) is 0. The summed E-state index contributed by atoms with van der Waals surface area (Å²) in [4.78, 5) is 19.5. The molecule has 5 nitrogen and oxygen atoms in total. The molecule has 2 saturated heterocycles. The Hall–Kier alpha value is -2.06. The van der Waals surface area contributed by atoms with E-state index in [1.807, 2.05) is 6.07 Å². The zero-order valence-electron chi connectivity index (χ0n) is 14.2. The number of hydrogen-bond donors (Lipinski definition) is 0. The summed E-state index contributed by atoms with van der Waals surface area (Å²) >= 11 is 0. The Kier molecular flexibility index (Phi) is 5.71. The van der Waals surface area contributed by atoms with E-state index in [0.717, 1.165) is 58.7 Å². The minimum Gasteiger partial charge on any atom is -0.368 e. The summed E-state index contributed by atoms with van der Waals surface area (Å²) in [5.74, 6) is 0.509. The highest BCUT2D eigenvalue weighted by atomic mass is 16.2. The van der Waals surface area contributed by atoms with E-state index in [1.54, 1.807) is 0 Å². The van der Waals surface area contributed by atoms with E-state index in [-0.39, 0.29) is 5.92 Å². The maximum Gasteiger partial charge on any atom is 0.225 e. The number of carbonyl (C=O) groups is 1. The minimum absolute atomic E-state index is 0.173. The number of benzene rings is 1. The van der Waals surface area contributed by atoms with Crippen LogP contribution in [0.5, 0.6) is 0 Å². The molecule has 0 unspecified atom stereocenters. The van der Waals surface area contributed by atoms with E-state index in [0.29, 0.717) is 12.3 Å². The number of piperidine rings is 1. The van der Waals surface area contributed by atoms with Gasteiger partial charge in [-0.2, -0.15) is 5.26 Å². The lowest BCUT2D eigenvalue weighted by Crippen LogP contribution is -2.51. The van der Waals surface area contributed by atoms with Gasteiger partial charge in [-0.25, -0.2) is 0 Å². The average Bonchev–Trinajstić information content (AvgIpc) is 2.67. The predicted molar refractivity (Wildman–Crippen MR) is 94.6 cm³/mol. The molecule has 0 atom stereocenters. The van der Waals surface area contributed by atoms with Crippen LogP contribution in [0.3, 0.4) is 0 Å². The molecule has 2 heterocycles. The molecule has 128 valence electrons. The number of piperazine rings is 1. The number of amides is 1. The molecule has 0 aliphatic carbocycles. The van der Waals surface area contributed by atoms with Gasteiger partial charge in [0.1, 0.15) is 0 Å². The fourth-order valence-electron chi connectivity index (χ4n) is 3.69. The van der Waals surface area contributed by atoms with Crippen molar-refractivity contribution < 1.29 is 4.79 Å². The summed E-state index contributed by atoms with van der Waals surface area (Å²) in [5.41, 5.74) is 1.25. The van der Waals surface area contributed by atoms with E-state index in [1.165, 1.54) is 5.69 Å². The topological polar surface area (TPSA) is 50.6 Å². The van der Waals surface area contributed by atoms with E-state index in [2.05, 4.69) is 45.0 Å². The molecule has 0 saturated carbocycles. The van der Waals surface area contributed by atoms with Crippen molar-refractivity contribution in [3.05, 3.63) is 30.3 Å². The van der Waals surface area contributed by atoms with Crippen molar-refractivity contribution in [2.45, 2.75) is 19.3 Å². The zero-order valence-corrected chi connectivity index (χ0v) is 14.2. The molecule has 1 amide bonds. The van der Waals surface area contributed by atoms with Crippen LogP contribution in [0.15, 0.2) is 30.3 Å². The number of carbonyl (C=O) groups excluding carboxylic acids is 1. The van der Waals surface area contributed by atoms with E-state index in [9.17, 15) is 4.79 Å². The van der Waals surface area contributed by atoms with Crippen LogP contribution in [-0.4, -0.2) is 61.5 Å². The van der Waals surface area contributed by atoms with Crippen LogP contribution < -0.4 is 4.90 Å². The number of hydrogen-bond acceptors (Lipinski definition) is 4. The summed E-state index contributed by atoms with van der Waals surface area (Å²) < 4.78 is 0. The van der Waals surface area contributed by atoms with Gasteiger partial charge in [0.2, 0.25) is 5.91 Å². The van der Waals surface area contributed by atoms with Gasteiger partial charge < -0.3 is 14.7 Å². The lowest BCUT2D eigenvalue weighted by atomic mass is 9.95. The second kappa shape index (κ2) is 8.16. The van der Waals surface area contributed by atoms with E-state index < -0.39 is 0 Å². The third-order valence-corrected chi connectivity index (χ3v) is 5.19. The van der Waals surface area contributed by atoms with Gasteiger partial charge in [-0.15, -0.1) is 0 Å². The van der Waals surface area contributed by atoms with Gasteiger partial charge in [0, 0.05) is 50.7 Å². The van der Waals surface area contributed by atoms with Crippen LogP contribution in [0, 0.1) is 17.2 Å². The smallest absolute Gasteiger partial charge is 0.225 e. The predicted octanol–water partition coefficient (Wildman–Crippen LogP) is 1.96. The molecule has 1 aromatic carbocycles. The highest BCUT2D eigenvalue weighted by Gasteiger charge is 2.30. The number of rotatable bonds is 4. The van der Waals surface area contributed by atoms with Gasteiger partial charge in [-0.05, 0) is 38.1 Å². The summed E-state index contributed by atoms with van der Waals surface area (Å²) in [6.07, 6.45) is 2.45. The highest BCUT2D eigenvalue weighted by Crippen LogP contribution is 2.22. The third kappa shape index (κ3) is 4.07. The second-order valence-corrected chi connectivity index (χ2v) is 6.67. The first-order valence-electron chi connectivity index (χ1n) is 8.96. The maximum atomic E-state index is 12.8. The molecule has 2 aliphatic heterocycles. The molecular weight excluding hydrogens is 300 g/mol. The number of nitrogens with zero attached hydrogens (tertiary/aromatic N) is 4. The van der Waals surface area contributed by atoms with Gasteiger partial charge in [-0.3, -0.25) is 4.79 Å². The fourth-order valence-corrected chi connectivity index (χ4v) is 3.69. The summed E-state index contributed by atoms with van der Waals surface area (Å²) in [5, 5.41) is 8.67. The molecule has 3 rings (SSSR count). The molecule has 0 spiro atoms. The van der Waals surface area contributed by atoms with E-state index in [4.69, 9.17) is 5.26 Å². The third-order valence-electron chi connectivity index (χ3n) is 5.19. The molecule has 0 aromatic heterocycles. The Labute approximate surface area is 144 Å². The molecule has 2 fully saturated rings. The largest absolute Gasteiger partial charge is 0.368 e. The lowest BCUT2D eigenvalue weighted by molar-refractivity contribution is -0.137. The van der Waals surface area contributed by atoms with Crippen molar-refractivity contribution in [3.8, 4) is 6.07 Å². The summed E-state index contributed by atoms with van der Waals surface area (Å²) in [6, 6.07) is 12.6. The van der Waals surface area contributed by atoms with Gasteiger partial charge in [-0.1, -0.05) is 18.2 Å². The Morgan fingerprint density at radius 3 is 2.33 bits per heavy atom. The first-order chi connectivity index (χ1) is 11.8. The molecule has 1 aromatic rings. The first-order valence-corrected chi connectivity index (χ1v) is 8.96.